The summed E-state index contributed by atoms with van der Waals surface area (Å²) < 4.78 is 0. The van der Waals surface area contributed by atoms with Gasteiger partial charge in [-0.3, -0.25) is 24.6 Å². The van der Waals surface area contributed by atoms with Crippen molar-refractivity contribution in [3.63, 3.8) is 0 Å². The Morgan fingerprint density at radius 1 is 0.844 bits per heavy atom. The van der Waals surface area contributed by atoms with Crippen molar-refractivity contribution in [2.45, 2.75) is 6.54 Å². The number of benzene rings is 3. The molecule has 9 heteroatoms. The Balaban J connectivity index is 1.70. The molecule has 2 heterocycles. The first-order chi connectivity index (χ1) is 15.5. The Kier molecular flexibility index (Phi) is 4.64. The second-order valence-corrected chi connectivity index (χ2v) is 7.55. The highest BCUT2D eigenvalue weighted by atomic mass is 35.5. The molecule has 1 aliphatic rings. The van der Waals surface area contributed by atoms with Gasteiger partial charge in [0.25, 0.3) is 17.5 Å². The maximum atomic E-state index is 12.9. The van der Waals surface area contributed by atoms with E-state index in [1.165, 1.54) is 12.1 Å². The zero-order chi connectivity index (χ0) is 22.4. The van der Waals surface area contributed by atoms with Gasteiger partial charge in [-0.1, -0.05) is 48.0 Å². The van der Waals surface area contributed by atoms with Crippen LogP contribution >= 0.6 is 11.6 Å². The number of carbonyl (C=O) groups is 2. The van der Waals surface area contributed by atoms with Crippen molar-refractivity contribution in [2.75, 3.05) is 0 Å². The zero-order valence-electron chi connectivity index (χ0n) is 16.4. The summed E-state index contributed by atoms with van der Waals surface area (Å²) in [6, 6.07) is 17.9. The SMILES string of the molecule is O=C1c2ccccc2C(=O)N1Cc1nc2cccc([N+](=O)[O-])c2nc1-c1ccccc1Cl. The number of nitrogens with zero attached hydrogens (tertiary/aromatic N) is 4. The van der Waals surface area contributed by atoms with E-state index in [1.54, 1.807) is 54.6 Å². The second-order valence-electron chi connectivity index (χ2n) is 7.14. The molecule has 1 aromatic heterocycles. The van der Waals surface area contributed by atoms with Gasteiger partial charge in [-0.15, -0.1) is 0 Å². The van der Waals surface area contributed by atoms with E-state index in [0.29, 0.717) is 27.4 Å². The number of rotatable bonds is 4. The van der Waals surface area contributed by atoms with E-state index in [1.807, 2.05) is 0 Å². The molecule has 0 aliphatic carbocycles. The summed E-state index contributed by atoms with van der Waals surface area (Å²) in [7, 11) is 0. The van der Waals surface area contributed by atoms with E-state index in [9.17, 15) is 19.7 Å². The van der Waals surface area contributed by atoms with Crippen LogP contribution in [0.15, 0.2) is 66.7 Å². The van der Waals surface area contributed by atoms with Crippen LogP contribution in [0.2, 0.25) is 5.02 Å². The summed E-state index contributed by atoms with van der Waals surface area (Å²) in [5.41, 5.74) is 1.89. The Labute approximate surface area is 186 Å². The van der Waals surface area contributed by atoms with Crippen LogP contribution in [0.1, 0.15) is 26.4 Å². The molecule has 156 valence electrons. The minimum Gasteiger partial charge on any atom is -0.269 e. The van der Waals surface area contributed by atoms with Gasteiger partial charge in [-0.25, -0.2) is 9.97 Å². The van der Waals surface area contributed by atoms with Gasteiger partial charge in [-0.2, -0.15) is 0 Å². The molecule has 0 unspecified atom stereocenters. The number of para-hydroxylation sites is 1. The van der Waals surface area contributed by atoms with Crippen LogP contribution in [0.4, 0.5) is 5.69 Å². The highest BCUT2D eigenvalue weighted by molar-refractivity contribution is 6.33. The molecule has 0 fully saturated rings. The molecule has 0 bridgehead atoms. The van der Waals surface area contributed by atoms with E-state index >= 15 is 0 Å². The van der Waals surface area contributed by atoms with Gasteiger partial charge < -0.3 is 0 Å². The van der Waals surface area contributed by atoms with Gasteiger partial charge in [0.1, 0.15) is 0 Å². The van der Waals surface area contributed by atoms with Gasteiger partial charge >= 0.3 is 0 Å². The monoisotopic (exact) mass is 444 g/mol. The molecule has 2 amide bonds. The summed E-state index contributed by atoms with van der Waals surface area (Å²) in [5, 5.41) is 11.9. The van der Waals surface area contributed by atoms with Crippen molar-refractivity contribution in [2.24, 2.45) is 0 Å². The molecule has 0 saturated carbocycles. The van der Waals surface area contributed by atoms with Gasteiger partial charge in [0.2, 0.25) is 0 Å². The highest BCUT2D eigenvalue weighted by Crippen LogP contribution is 2.34. The van der Waals surface area contributed by atoms with Gasteiger partial charge in [0.15, 0.2) is 5.52 Å². The Bertz CT molecular complexity index is 1420. The lowest BCUT2D eigenvalue weighted by molar-refractivity contribution is -0.383. The van der Waals surface area contributed by atoms with Crippen LogP contribution in [-0.2, 0) is 6.54 Å². The van der Waals surface area contributed by atoms with Crippen LogP contribution in [0.25, 0.3) is 22.3 Å². The topological polar surface area (TPSA) is 106 Å². The van der Waals surface area contributed by atoms with E-state index < -0.39 is 16.7 Å². The summed E-state index contributed by atoms with van der Waals surface area (Å²) in [6.45, 7) is -0.154. The van der Waals surface area contributed by atoms with Crippen LogP contribution < -0.4 is 0 Å². The quantitative estimate of drug-likeness (QED) is 0.257. The molecule has 4 aromatic rings. The van der Waals surface area contributed by atoms with Gasteiger partial charge in [-0.05, 0) is 24.3 Å². The smallest absolute Gasteiger partial charge is 0.269 e. The zero-order valence-corrected chi connectivity index (χ0v) is 17.1. The molecule has 0 radical (unpaired) electrons. The minimum absolute atomic E-state index is 0.0959. The van der Waals surface area contributed by atoms with E-state index in [4.69, 9.17) is 11.6 Å². The summed E-state index contributed by atoms with van der Waals surface area (Å²) in [5.74, 6) is -0.867. The predicted molar refractivity (Wildman–Crippen MR) is 117 cm³/mol. The lowest BCUT2D eigenvalue weighted by atomic mass is 10.1. The first kappa shape index (κ1) is 19.8. The first-order valence-electron chi connectivity index (χ1n) is 9.60. The van der Waals surface area contributed by atoms with Crippen LogP contribution in [0.3, 0.4) is 0 Å². The minimum atomic E-state index is -0.531. The van der Waals surface area contributed by atoms with Crippen LogP contribution in [0.5, 0.6) is 0 Å². The van der Waals surface area contributed by atoms with Gasteiger partial charge in [0.05, 0.1) is 44.5 Å². The molecule has 3 aromatic carbocycles. The van der Waals surface area contributed by atoms with Crippen molar-refractivity contribution in [3.8, 4) is 11.3 Å². The number of non-ortho nitro benzene ring substituents is 1. The molecule has 8 nitrogen and oxygen atoms in total. The number of fused-ring (bicyclic) bond motifs is 2. The lowest BCUT2D eigenvalue weighted by Gasteiger charge is -2.17. The third kappa shape index (κ3) is 3.09. The molecule has 0 spiro atoms. The summed E-state index contributed by atoms with van der Waals surface area (Å²) in [4.78, 5) is 46.9. The van der Waals surface area contributed by atoms with E-state index in [2.05, 4.69) is 9.97 Å². The number of hydrogen-bond donors (Lipinski definition) is 0. The van der Waals surface area contributed by atoms with E-state index in [0.717, 1.165) is 4.90 Å². The third-order valence-electron chi connectivity index (χ3n) is 5.26. The molecule has 32 heavy (non-hydrogen) atoms. The van der Waals surface area contributed by atoms with Gasteiger partial charge in [0, 0.05) is 11.6 Å². The van der Waals surface area contributed by atoms with Crippen molar-refractivity contribution in [1.82, 2.24) is 14.9 Å². The third-order valence-corrected chi connectivity index (χ3v) is 5.59. The number of aromatic nitrogens is 2. The second kappa shape index (κ2) is 7.51. The predicted octanol–water partition coefficient (Wildman–Crippen LogP) is 4.65. The number of nitro benzene ring substituents is 1. The Morgan fingerprint density at radius 2 is 1.47 bits per heavy atom. The summed E-state index contributed by atoms with van der Waals surface area (Å²) >= 11 is 6.38. The lowest BCUT2D eigenvalue weighted by Crippen LogP contribution is -2.30. The van der Waals surface area contributed by atoms with Crippen LogP contribution in [-0.4, -0.2) is 31.6 Å². The molecule has 1 aliphatic heterocycles. The molecule has 5 rings (SSSR count). The molecular weight excluding hydrogens is 432 g/mol. The molecule has 0 saturated heterocycles. The standard InChI is InChI=1S/C23H13ClN4O4/c24-16-9-4-3-8-15(16)20-18(25-17-10-5-11-19(28(31)32)21(17)26-20)12-27-22(29)13-6-1-2-7-14(13)23(27)30/h1-11H,12H2. The van der Waals surface area contributed by atoms with E-state index in [-0.39, 0.29) is 29.0 Å². The van der Waals surface area contributed by atoms with Crippen LogP contribution in [0, 0.1) is 10.1 Å². The van der Waals surface area contributed by atoms with Crippen molar-refractivity contribution >= 4 is 40.1 Å². The number of carbonyl (C=O) groups excluding carboxylic acids is 2. The average molecular weight is 445 g/mol. The molecule has 0 N–H and O–H groups in total. The maximum absolute atomic E-state index is 12.9. The number of nitro groups is 1. The number of imide groups is 1. The Hall–Kier alpha value is -4.17. The Morgan fingerprint density at radius 3 is 2.09 bits per heavy atom. The molecule has 0 atom stereocenters. The molecular formula is C23H13ClN4O4. The first-order valence-corrected chi connectivity index (χ1v) is 9.97. The fourth-order valence-corrected chi connectivity index (χ4v) is 3.98. The largest absolute Gasteiger partial charge is 0.297 e. The maximum Gasteiger partial charge on any atom is 0.297 e. The van der Waals surface area contributed by atoms with Crippen molar-refractivity contribution in [1.29, 1.82) is 0 Å². The van der Waals surface area contributed by atoms with Crippen molar-refractivity contribution < 1.29 is 14.5 Å². The fourth-order valence-electron chi connectivity index (χ4n) is 3.76. The summed E-state index contributed by atoms with van der Waals surface area (Å²) in [6.07, 6.45) is 0. The normalized spacial score (nSPS) is 13.0. The number of amides is 2. The fraction of sp³-hybridized carbons (Fsp3) is 0.0435. The highest BCUT2D eigenvalue weighted by Gasteiger charge is 2.36. The van der Waals surface area contributed by atoms with Crippen molar-refractivity contribution in [3.05, 3.63) is 98.7 Å². The average Bonchev–Trinajstić information content (AvgIpc) is 3.03. The number of hydrogen-bond acceptors (Lipinski definition) is 6. The number of halogens is 1.